The van der Waals surface area contributed by atoms with Gasteiger partial charge in [0.1, 0.15) is 0 Å². The average molecular weight is 150 g/mol. The van der Waals surface area contributed by atoms with Crippen LogP contribution in [0.25, 0.3) is 0 Å². The van der Waals surface area contributed by atoms with Gasteiger partial charge in [0.25, 0.3) is 0 Å². The second-order valence-electron chi connectivity index (χ2n) is 0.581. The molecule has 0 unspecified atom stereocenters. The summed E-state index contributed by atoms with van der Waals surface area (Å²) in [5, 5.41) is 7.82. The number of carbonyl (C=O) groups is 1. The number of hydrogen-bond donors (Lipinski definition) is 1. The van der Waals surface area contributed by atoms with Crippen molar-refractivity contribution in [3.63, 3.8) is 0 Å². The van der Waals surface area contributed by atoms with Crippen LogP contribution in [-0.4, -0.2) is 15.2 Å². The number of carbonyl (C=O) groups excluding carboxylic acids is 1. The van der Waals surface area contributed by atoms with E-state index in [9.17, 15) is 4.79 Å². The molecule has 0 spiro atoms. The maximum atomic E-state index is 9.60. The Labute approximate surface area is 45.0 Å². The van der Waals surface area contributed by atoms with Crippen molar-refractivity contribution in [3.05, 3.63) is 0 Å². The third-order valence-electron chi connectivity index (χ3n) is 0.144. The zero-order chi connectivity index (χ0) is 4.28. The molecule has 0 aliphatic rings. The predicted molar refractivity (Wildman–Crippen MR) is 12.1 cm³/mol. The summed E-state index contributed by atoms with van der Waals surface area (Å²) >= 11 is 0.781. The van der Waals surface area contributed by atoms with Gasteiger partial charge in [0.15, 0.2) is 0 Å². The van der Waals surface area contributed by atoms with Crippen molar-refractivity contribution in [2.75, 3.05) is 6.61 Å². The Morgan fingerprint density at radius 1 is 2.00 bits per heavy atom. The molecular weight excluding hydrogens is 147 g/mol. The fourth-order valence-electron chi connectivity index (χ4n) is 0. The fraction of sp³-hybridized carbons (Fsp3) is 0.500. The van der Waals surface area contributed by atoms with Gasteiger partial charge in [-0.05, 0) is 0 Å². The van der Waals surface area contributed by atoms with E-state index in [4.69, 9.17) is 5.11 Å². The maximum absolute atomic E-state index is 9.60. The van der Waals surface area contributed by atoms with Crippen molar-refractivity contribution in [3.8, 4) is 0 Å². The van der Waals surface area contributed by atoms with E-state index in [1.165, 1.54) is 0 Å². The van der Waals surface area contributed by atoms with Crippen LogP contribution in [0.1, 0.15) is 0 Å². The molecule has 0 rings (SSSR count). The summed E-state index contributed by atoms with van der Waals surface area (Å²) in [6.07, 6.45) is 0. The summed E-state index contributed by atoms with van der Waals surface area (Å²) in [5.41, 5.74) is 0. The van der Waals surface area contributed by atoms with E-state index >= 15 is 0 Å². The second kappa shape index (κ2) is 2.73. The molecule has 27 valence electrons. The van der Waals surface area contributed by atoms with Crippen molar-refractivity contribution in [1.82, 2.24) is 0 Å². The van der Waals surface area contributed by atoms with Crippen molar-refractivity contribution in [1.29, 1.82) is 0 Å². The van der Waals surface area contributed by atoms with Crippen LogP contribution in [0.3, 0.4) is 0 Å². The summed E-state index contributed by atoms with van der Waals surface area (Å²) in [6, 6.07) is 0. The monoisotopic (exact) mass is 149 g/mol. The Balaban J connectivity index is 2.85. The van der Waals surface area contributed by atoms with Crippen LogP contribution in [-0.2, 0) is 29.5 Å². The van der Waals surface area contributed by atoms with E-state index in [2.05, 4.69) is 0 Å². The van der Waals surface area contributed by atoms with Crippen molar-refractivity contribution in [2.45, 2.75) is 0 Å². The van der Waals surface area contributed by atoms with Crippen molar-refractivity contribution >= 4 is 3.49 Å². The van der Waals surface area contributed by atoms with Gasteiger partial charge >= 0.3 is 44.7 Å². The van der Waals surface area contributed by atoms with Crippen LogP contribution in [0.2, 0.25) is 0 Å². The van der Waals surface area contributed by atoms with Crippen LogP contribution in [0, 0.1) is 0 Å². The summed E-state index contributed by atoms with van der Waals surface area (Å²) in [6.45, 7) is -0.293. The van der Waals surface area contributed by atoms with Gasteiger partial charge in [0.05, 0.1) is 0 Å². The standard InChI is InChI=1S/C2H3O2.Zr/c3-1-2-4;/h3H,1H2;. The van der Waals surface area contributed by atoms with Gasteiger partial charge < -0.3 is 0 Å². The van der Waals surface area contributed by atoms with Crippen molar-refractivity contribution in [2.24, 2.45) is 0 Å². The zero-order valence-electron chi connectivity index (χ0n) is 2.56. The van der Waals surface area contributed by atoms with E-state index < -0.39 is 0 Å². The second-order valence-corrected chi connectivity index (χ2v) is 1.95. The number of hydrogen-bond acceptors (Lipinski definition) is 2. The van der Waals surface area contributed by atoms with Crippen LogP contribution >= 0.6 is 0 Å². The average Bonchev–Trinajstić information content (AvgIpc) is 1.38. The van der Waals surface area contributed by atoms with E-state index in [1.54, 1.807) is 0 Å². The molecule has 0 saturated carbocycles. The Morgan fingerprint density at radius 2 is 2.20 bits per heavy atom. The fourth-order valence-corrected chi connectivity index (χ4v) is 0. The molecule has 0 atom stereocenters. The first kappa shape index (κ1) is 5.51. The van der Waals surface area contributed by atoms with Gasteiger partial charge in [-0.15, -0.1) is 0 Å². The van der Waals surface area contributed by atoms with Crippen LogP contribution in [0.4, 0.5) is 0 Å². The molecule has 0 aromatic heterocycles. The molecule has 0 heterocycles. The zero-order valence-corrected chi connectivity index (χ0v) is 5.02. The van der Waals surface area contributed by atoms with Crippen molar-refractivity contribution < 1.29 is 34.6 Å². The van der Waals surface area contributed by atoms with E-state index in [0.29, 0.717) is 0 Å². The molecule has 3 heteroatoms. The number of aliphatic hydroxyl groups excluding tert-OH is 1. The molecule has 2 nitrogen and oxygen atoms in total. The molecule has 0 aliphatic heterocycles. The molecule has 1 N–H and O–H groups in total. The van der Waals surface area contributed by atoms with Gasteiger partial charge in [-0.2, -0.15) is 0 Å². The molecule has 0 amide bonds. The first-order valence-electron chi connectivity index (χ1n) is 1.12. The van der Waals surface area contributed by atoms with Gasteiger partial charge in [-0.25, -0.2) is 0 Å². The molecule has 0 saturated heterocycles. The molecule has 0 aromatic rings. The van der Waals surface area contributed by atoms with Gasteiger partial charge in [-0.3, -0.25) is 0 Å². The van der Waals surface area contributed by atoms with E-state index in [0.717, 1.165) is 24.7 Å². The van der Waals surface area contributed by atoms with Crippen LogP contribution in [0.15, 0.2) is 0 Å². The third-order valence-corrected chi connectivity index (χ3v) is 0.532. The molecule has 0 radical (unpaired) electrons. The quantitative estimate of drug-likeness (QED) is 0.523. The topological polar surface area (TPSA) is 37.3 Å². The third kappa shape index (κ3) is 4.51. The Kier molecular flexibility index (Phi) is 3.02. The molecule has 5 heavy (non-hydrogen) atoms. The first-order chi connectivity index (χ1) is 2.27. The summed E-state index contributed by atoms with van der Waals surface area (Å²) in [7, 11) is 0. The summed E-state index contributed by atoms with van der Waals surface area (Å²) in [4.78, 5) is 9.60. The number of aliphatic hydroxyl groups is 1. The van der Waals surface area contributed by atoms with Crippen LogP contribution < -0.4 is 0 Å². The van der Waals surface area contributed by atoms with Gasteiger partial charge in [0.2, 0.25) is 0 Å². The molecule has 0 bridgehead atoms. The molecule has 0 fully saturated rings. The van der Waals surface area contributed by atoms with Crippen LogP contribution in [0.5, 0.6) is 0 Å². The Morgan fingerprint density at radius 3 is 2.20 bits per heavy atom. The predicted octanol–water partition coefficient (Wildman–Crippen LogP) is -0.948. The molecular formula is C2H3O2Zr. The normalized spacial score (nSPS) is 7.20. The summed E-state index contributed by atoms with van der Waals surface area (Å²) < 4.78 is -0.0998. The Hall–Kier alpha value is 0.513. The Bertz CT molecular complexity index is 42.9. The van der Waals surface area contributed by atoms with Gasteiger partial charge in [0, 0.05) is 0 Å². The minimum atomic E-state index is -0.293. The molecule has 0 aromatic carbocycles. The van der Waals surface area contributed by atoms with E-state index in [-0.39, 0.29) is 10.1 Å². The van der Waals surface area contributed by atoms with Gasteiger partial charge in [-0.1, -0.05) is 0 Å². The number of rotatable bonds is 1. The SMILES string of the molecule is O=[C]([Zr])CO. The first-order valence-corrected chi connectivity index (χ1v) is 2.35. The summed E-state index contributed by atoms with van der Waals surface area (Å²) in [5.74, 6) is 0. The van der Waals surface area contributed by atoms with E-state index in [1.807, 2.05) is 0 Å². The molecule has 0 aliphatic carbocycles. The minimum absolute atomic E-state index is 0.0998.